The summed E-state index contributed by atoms with van der Waals surface area (Å²) in [7, 11) is 0. The average Bonchev–Trinajstić information content (AvgIpc) is 2.97. The molecule has 20 heavy (non-hydrogen) atoms. The summed E-state index contributed by atoms with van der Waals surface area (Å²) in [6, 6.07) is 6.93. The number of aliphatic hydroxyl groups excluding tert-OH is 1. The summed E-state index contributed by atoms with van der Waals surface area (Å²) in [5, 5.41) is 12.7. The van der Waals surface area contributed by atoms with Gasteiger partial charge in [0, 0.05) is 6.61 Å². The van der Waals surface area contributed by atoms with Crippen molar-refractivity contribution in [3.63, 3.8) is 0 Å². The molecule has 0 saturated carbocycles. The molecule has 7 nitrogen and oxygen atoms in total. The highest BCUT2D eigenvalue weighted by Crippen LogP contribution is 2.35. The molecule has 0 bridgehead atoms. The Morgan fingerprint density at radius 3 is 2.95 bits per heavy atom. The van der Waals surface area contributed by atoms with Crippen molar-refractivity contribution < 1.29 is 19.1 Å². The van der Waals surface area contributed by atoms with Gasteiger partial charge in [0.15, 0.2) is 17.6 Å². The molecule has 1 aliphatic heterocycles. The fourth-order valence-corrected chi connectivity index (χ4v) is 1.94. The van der Waals surface area contributed by atoms with Gasteiger partial charge >= 0.3 is 0 Å². The van der Waals surface area contributed by atoms with Crippen molar-refractivity contribution >= 4 is 0 Å². The minimum Gasteiger partial charge on any atom is -0.485 e. The number of fused-ring (bicyclic) bond motifs is 1. The van der Waals surface area contributed by atoms with E-state index in [1.54, 1.807) is 0 Å². The number of nitrogens with two attached hydrogens (primary N) is 1. The molecule has 0 amide bonds. The van der Waals surface area contributed by atoms with Gasteiger partial charge in [0.25, 0.3) is 0 Å². The normalized spacial score (nSPS) is 18.8. The van der Waals surface area contributed by atoms with Crippen LogP contribution in [0.5, 0.6) is 11.5 Å². The summed E-state index contributed by atoms with van der Waals surface area (Å²) >= 11 is 0. The van der Waals surface area contributed by atoms with Gasteiger partial charge in [-0.3, -0.25) is 0 Å². The maximum absolute atomic E-state index is 8.85. The molecule has 0 saturated heterocycles. The monoisotopic (exact) mass is 277 g/mol. The maximum Gasteiger partial charge on any atom is 0.243 e. The molecule has 106 valence electrons. The van der Waals surface area contributed by atoms with Crippen LogP contribution in [-0.2, 0) is 0 Å². The number of hydrogen-bond donors (Lipinski definition) is 2. The van der Waals surface area contributed by atoms with Gasteiger partial charge in [-0.1, -0.05) is 17.3 Å². The topological polar surface area (TPSA) is 104 Å². The Bertz CT molecular complexity index is 587. The molecule has 2 aromatic rings. The van der Waals surface area contributed by atoms with Crippen LogP contribution in [-0.4, -0.2) is 28.5 Å². The third kappa shape index (κ3) is 2.45. The van der Waals surface area contributed by atoms with Crippen molar-refractivity contribution in [3.05, 3.63) is 36.0 Å². The van der Waals surface area contributed by atoms with E-state index in [4.69, 9.17) is 24.8 Å². The fraction of sp³-hybridized carbons (Fsp3) is 0.385. The first-order valence-corrected chi connectivity index (χ1v) is 6.36. The van der Waals surface area contributed by atoms with E-state index in [-0.39, 0.29) is 12.5 Å². The molecule has 1 aromatic carbocycles. The van der Waals surface area contributed by atoms with Crippen molar-refractivity contribution in [1.29, 1.82) is 0 Å². The van der Waals surface area contributed by atoms with E-state index in [0.29, 0.717) is 30.4 Å². The van der Waals surface area contributed by atoms with Crippen LogP contribution in [0, 0.1) is 0 Å². The Hall–Kier alpha value is -2.12. The Kier molecular flexibility index (Phi) is 3.53. The first kappa shape index (κ1) is 12.9. The van der Waals surface area contributed by atoms with Gasteiger partial charge in [-0.2, -0.15) is 4.98 Å². The van der Waals surface area contributed by atoms with Crippen LogP contribution in [0.2, 0.25) is 0 Å². The van der Waals surface area contributed by atoms with Crippen LogP contribution in [0.3, 0.4) is 0 Å². The Morgan fingerprint density at radius 2 is 2.15 bits per heavy atom. The molecule has 2 atom stereocenters. The SMILES string of the molecule is NC(CCO)c1nc(C2COc3ccccc3O2)no1. The number of benzene rings is 1. The third-order valence-corrected chi connectivity index (χ3v) is 3.01. The summed E-state index contributed by atoms with van der Waals surface area (Å²) < 4.78 is 16.4. The lowest BCUT2D eigenvalue weighted by atomic mass is 10.2. The van der Waals surface area contributed by atoms with Gasteiger partial charge in [0.2, 0.25) is 11.7 Å². The molecule has 0 fully saturated rings. The van der Waals surface area contributed by atoms with Crippen molar-refractivity contribution in [2.24, 2.45) is 5.73 Å². The van der Waals surface area contributed by atoms with Gasteiger partial charge in [-0.05, 0) is 18.6 Å². The summed E-state index contributed by atoms with van der Waals surface area (Å²) in [4.78, 5) is 4.21. The van der Waals surface area contributed by atoms with Crippen LogP contribution in [0.25, 0.3) is 0 Å². The second-order valence-electron chi connectivity index (χ2n) is 4.47. The number of aliphatic hydroxyl groups is 1. The first-order valence-electron chi connectivity index (χ1n) is 6.36. The van der Waals surface area contributed by atoms with Gasteiger partial charge in [-0.25, -0.2) is 0 Å². The lowest BCUT2D eigenvalue weighted by molar-refractivity contribution is 0.0832. The predicted molar refractivity (Wildman–Crippen MR) is 68.2 cm³/mol. The number of hydrogen-bond acceptors (Lipinski definition) is 7. The van der Waals surface area contributed by atoms with E-state index < -0.39 is 12.1 Å². The molecule has 3 rings (SSSR count). The fourth-order valence-electron chi connectivity index (χ4n) is 1.94. The van der Waals surface area contributed by atoms with Gasteiger partial charge in [-0.15, -0.1) is 0 Å². The number of rotatable bonds is 4. The molecule has 1 aromatic heterocycles. The molecule has 0 radical (unpaired) electrons. The second-order valence-corrected chi connectivity index (χ2v) is 4.47. The highest BCUT2D eigenvalue weighted by Gasteiger charge is 2.27. The van der Waals surface area contributed by atoms with E-state index >= 15 is 0 Å². The van der Waals surface area contributed by atoms with Gasteiger partial charge in [0.05, 0.1) is 6.04 Å². The maximum atomic E-state index is 8.85. The third-order valence-electron chi connectivity index (χ3n) is 3.01. The smallest absolute Gasteiger partial charge is 0.243 e. The largest absolute Gasteiger partial charge is 0.485 e. The number of aromatic nitrogens is 2. The van der Waals surface area contributed by atoms with Crippen molar-refractivity contribution in [2.45, 2.75) is 18.6 Å². The predicted octanol–water partition coefficient (Wildman–Crippen LogP) is 0.964. The van der Waals surface area contributed by atoms with Crippen LogP contribution in [0.4, 0.5) is 0 Å². The van der Waals surface area contributed by atoms with E-state index in [9.17, 15) is 0 Å². The standard InChI is InChI=1S/C13H15N3O4/c14-8(5-6-17)13-15-12(16-20-13)11-7-18-9-3-1-2-4-10(9)19-11/h1-4,8,11,17H,5-7,14H2. The summed E-state index contributed by atoms with van der Waals surface area (Å²) in [6.07, 6.45) is -0.0596. The molecule has 7 heteroatoms. The van der Waals surface area contributed by atoms with Crippen LogP contribution >= 0.6 is 0 Å². The molecule has 2 heterocycles. The molecular weight excluding hydrogens is 262 g/mol. The van der Waals surface area contributed by atoms with Gasteiger partial charge < -0.3 is 24.8 Å². The zero-order valence-electron chi connectivity index (χ0n) is 10.7. The Balaban J connectivity index is 1.75. The molecule has 0 spiro atoms. The summed E-state index contributed by atoms with van der Waals surface area (Å²) in [6.45, 7) is 0.278. The minimum atomic E-state index is -0.474. The van der Waals surface area contributed by atoms with E-state index in [0.717, 1.165) is 0 Å². The highest BCUT2D eigenvalue weighted by molar-refractivity contribution is 5.40. The summed E-state index contributed by atoms with van der Waals surface area (Å²) in [5.74, 6) is 2.03. The quantitative estimate of drug-likeness (QED) is 0.857. The average molecular weight is 277 g/mol. The number of ether oxygens (including phenoxy) is 2. The molecule has 3 N–H and O–H groups in total. The van der Waals surface area contributed by atoms with E-state index in [2.05, 4.69) is 10.1 Å². The lowest BCUT2D eigenvalue weighted by Crippen LogP contribution is -2.22. The molecule has 0 aliphatic carbocycles. The van der Waals surface area contributed by atoms with Crippen LogP contribution in [0.1, 0.15) is 30.3 Å². The van der Waals surface area contributed by atoms with Crippen LogP contribution in [0.15, 0.2) is 28.8 Å². The zero-order chi connectivity index (χ0) is 13.9. The van der Waals surface area contributed by atoms with Gasteiger partial charge in [0.1, 0.15) is 6.61 Å². The first-order chi connectivity index (χ1) is 9.78. The second kappa shape index (κ2) is 5.48. The van der Waals surface area contributed by atoms with Crippen molar-refractivity contribution in [1.82, 2.24) is 10.1 Å². The summed E-state index contributed by atoms with van der Waals surface area (Å²) in [5.41, 5.74) is 5.80. The lowest BCUT2D eigenvalue weighted by Gasteiger charge is -2.24. The molecule has 2 unspecified atom stereocenters. The minimum absolute atomic E-state index is 0.0324. The van der Waals surface area contributed by atoms with Crippen molar-refractivity contribution in [2.75, 3.05) is 13.2 Å². The zero-order valence-corrected chi connectivity index (χ0v) is 10.7. The van der Waals surface area contributed by atoms with E-state index in [1.807, 2.05) is 24.3 Å². The Labute approximate surface area is 115 Å². The molecular formula is C13H15N3O4. The highest BCUT2D eigenvalue weighted by atomic mass is 16.6. The van der Waals surface area contributed by atoms with Crippen molar-refractivity contribution in [3.8, 4) is 11.5 Å². The molecule has 1 aliphatic rings. The number of nitrogens with zero attached hydrogens (tertiary/aromatic N) is 2. The van der Waals surface area contributed by atoms with E-state index in [1.165, 1.54) is 0 Å². The Morgan fingerprint density at radius 1 is 1.35 bits per heavy atom. The number of para-hydroxylation sites is 2. The van der Waals surface area contributed by atoms with Crippen LogP contribution < -0.4 is 15.2 Å².